The summed E-state index contributed by atoms with van der Waals surface area (Å²) in [7, 11) is 0. The molecule has 0 aromatic heterocycles. The van der Waals surface area contributed by atoms with Crippen molar-refractivity contribution in [3.8, 4) is 11.5 Å². The van der Waals surface area contributed by atoms with Crippen LogP contribution < -0.4 is 9.47 Å². The molecule has 3 aliphatic carbocycles. The molecule has 6 rings (SSSR count). The number of hydrazone groups is 1. The second-order valence-corrected chi connectivity index (χ2v) is 6.69. The summed E-state index contributed by atoms with van der Waals surface area (Å²) in [6.45, 7) is 0.207. The Hall–Kier alpha value is -2.63. The van der Waals surface area contributed by atoms with Gasteiger partial charge in [-0.3, -0.25) is 9.59 Å². The first kappa shape index (κ1) is 13.8. The normalized spacial score (nSPS) is 32.9. The standard InChI is InChI=1S/C18H16N2O4/c21-17-15-11-2-3-12(5-4-11)16(15)18(22)20(17)19-8-10-1-6-13-14(7-10)24-9-23-13/h1-3,6-8,11-12,15-16H,4-5,9H2/b19-8+. The lowest BCUT2D eigenvalue weighted by molar-refractivity contribution is -0.140. The summed E-state index contributed by atoms with van der Waals surface area (Å²) in [5.74, 6) is 0.917. The van der Waals surface area contributed by atoms with Crippen molar-refractivity contribution < 1.29 is 19.1 Å². The molecular weight excluding hydrogens is 308 g/mol. The minimum Gasteiger partial charge on any atom is -0.454 e. The highest BCUT2D eigenvalue weighted by molar-refractivity contribution is 6.06. The Morgan fingerprint density at radius 3 is 2.33 bits per heavy atom. The first-order chi connectivity index (χ1) is 11.7. The van der Waals surface area contributed by atoms with Crippen LogP contribution in [0.1, 0.15) is 18.4 Å². The second-order valence-electron chi connectivity index (χ2n) is 6.69. The summed E-state index contributed by atoms with van der Waals surface area (Å²) in [6, 6.07) is 5.40. The molecule has 0 radical (unpaired) electrons. The predicted molar refractivity (Wildman–Crippen MR) is 84.3 cm³/mol. The van der Waals surface area contributed by atoms with Gasteiger partial charge in [-0.05, 0) is 48.4 Å². The molecule has 0 N–H and O–H groups in total. The number of fused-ring (bicyclic) bond motifs is 2. The maximum absolute atomic E-state index is 12.7. The Morgan fingerprint density at radius 2 is 1.67 bits per heavy atom. The molecule has 4 atom stereocenters. The van der Waals surface area contributed by atoms with E-state index >= 15 is 0 Å². The third-order valence-corrected chi connectivity index (χ3v) is 5.45. The highest BCUT2D eigenvalue weighted by Crippen LogP contribution is 2.49. The number of nitrogens with zero attached hydrogens (tertiary/aromatic N) is 2. The number of carbonyl (C=O) groups is 2. The molecule has 1 saturated heterocycles. The molecule has 4 unspecified atom stereocenters. The summed E-state index contributed by atoms with van der Waals surface area (Å²) >= 11 is 0. The Labute approximate surface area is 138 Å². The molecule has 1 aromatic rings. The molecule has 122 valence electrons. The van der Waals surface area contributed by atoms with Gasteiger partial charge in [0.2, 0.25) is 6.79 Å². The van der Waals surface area contributed by atoms with Crippen LogP contribution in [-0.2, 0) is 9.59 Å². The number of carbonyl (C=O) groups excluding carboxylic acids is 2. The fourth-order valence-corrected chi connectivity index (χ4v) is 4.29. The van der Waals surface area contributed by atoms with Crippen LogP contribution in [0.4, 0.5) is 0 Å². The van der Waals surface area contributed by atoms with Crippen molar-refractivity contribution in [3.05, 3.63) is 35.9 Å². The van der Waals surface area contributed by atoms with Gasteiger partial charge >= 0.3 is 0 Å². The molecular formula is C18H16N2O4. The number of ether oxygens (including phenoxy) is 2. The van der Waals surface area contributed by atoms with Gasteiger partial charge in [-0.15, -0.1) is 0 Å². The predicted octanol–water partition coefficient (Wildman–Crippen LogP) is 1.95. The summed E-state index contributed by atoms with van der Waals surface area (Å²) < 4.78 is 10.6. The van der Waals surface area contributed by atoms with E-state index < -0.39 is 0 Å². The number of allylic oxidation sites excluding steroid dienone is 2. The zero-order valence-electron chi connectivity index (χ0n) is 12.9. The Bertz CT molecular complexity index is 768. The largest absolute Gasteiger partial charge is 0.454 e. The van der Waals surface area contributed by atoms with Gasteiger partial charge in [0, 0.05) is 0 Å². The third kappa shape index (κ3) is 1.85. The lowest BCUT2D eigenvalue weighted by Gasteiger charge is -2.37. The first-order valence-electron chi connectivity index (χ1n) is 8.22. The van der Waals surface area contributed by atoms with E-state index in [2.05, 4.69) is 17.3 Å². The first-order valence-corrected chi connectivity index (χ1v) is 8.22. The molecule has 6 nitrogen and oxygen atoms in total. The molecule has 24 heavy (non-hydrogen) atoms. The SMILES string of the molecule is O=C1C2C3C=CC(CC3)C2C(=O)N1/N=C/c1ccc2c(c1)OCO2. The van der Waals surface area contributed by atoms with Gasteiger partial charge in [-0.2, -0.15) is 10.1 Å². The van der Waals surface area contributed by atoms with Crippen LogP contribution >= 0.6 is 0 Å². The summed E-state index contributed by atoms with van der Waals surface area (Å²) in [5, 5.41) is 5.25. The van der Waals surface area contributed by atoms with Crippen molar-refractivity contribution in [1.82, 2.24) is 5.01 Å². The molecule has 0 spiro atoms. The van der Waals surface area contributed by atoms with Crippen molar-refractivity contribution in [2.75, 3.05) is 6.79 Å². The van der Waals surface area contributed by atoms with Gasteiger partial charge in [0.25, 0.3) is 11.8 Å². The average Bonchev–Trinajstić information content (AvgIpc) is 3.18. The van der Waals surface area contributed by atoms with E-state index in [0.29, 0.717) is 11.5 Å². The van der Waals surface area contributed by atoms with E-state index in [4.69, 9.17) is 9.47 Å². The molecule has 2 aliphatic heterocycles. The van der Waals surface area contributed by atoms with Gasteiger partial charge in [0.1, 0.15) is 0 Å². The molecule has 2 heterocycles. The van der Waals surface area contributed by atoms with Crippen molar-refractivity contribution in [3.63, 3.8) is 0 Å². The number of hydrogen-bond acceptors (Lipinski definition) is 5. The number of hydrogen-bond donors (Lipinski definition) is 0. The molecule has 2 bridgehead atoms. The average molecular weight is 324 g/mol. The Kier molecular flexibility index (Phi) is 2.83. The molecule has 6 heteroatoms. The lowest BCUT2D eigenvalue weighted by Crippen LogP contribution is -2.38. The van der Waals surface area contributed by atoms with Crippen LogP contribution in [0.25, 0.3) is 0 Å². The van der Waals surface area contributed by atoms with Gasteiger partial charge in [-0.25, -0.2) is 0 Å². The van der Waals surface area contributed by atoms with Crippen LogP contribution in [0.3, 0.4) is 0 Å². The zero-order valence-corrected chi connectivity index (χ0v) is 12.9. The lowest BCUT2D eigenvalue weighted by atomic mass is 9.63. The topological polar surface area (TPSA) is 68.2 Å². The van der Waals surface area contributed by atoms with Crippen LogP contribution in [-0.4, -0.2) is 29.8 Å². The van der Waals surface area contributed by atoms with E-state index in [1.165, 1.54) is 6.21 Å². The summed E-state index contributed by atoms with van der Waals surface area (Å²) in [5.41, 5.74) is 0.760. The summed E-state index contributed by atoms with van der Waals surface area (Å²) in [6.07, 6.45) is 7.71. The Morgan fingerprint density at radius 1 is 1.00 bits per heavy atom. The van der Waals surface area contributed by atoms with Gasteiger partial charge < -0.3 is 9.47 Å². The molecule has 2 fully saturated rings. The summed E-state index contributed by atoms with van der Waals surface area (Å²) in [4.78, 5) is 25.3. The maximum atomic E-state index is 12.7. The van der Waals surface area contributed by atoms with Crippen LogP contribution in [0.15, 0.2) is 35.5 Å². The van der Waals surface area contributed by atoms with Crippen LogP contribution in [0.2, 0.25) is 0 Å². The van der Waals surface area contributed by atoms with Crippen LogP contribution in [0.5, 0.6) is 11.5 Å². The van der Waals surface area contributed by atoms with E-state index in [1.807, 2.05) is 6.07 Å². The van der Waals surface area contributed by atoms with Crippen LogP contribution in [0, 0.1) is 23.7 Å². The van der Waals surface area contributed by atoms with Crippen molar-refractivity contribution >= 4 is 18.0 Å². The molecule has 1 aromatic carbocycles. The van der Waals surface area contributed by atoms with E-state index in [0.717, 1.165) is 23.4 Å². The second kappa shape index (κ2) is 4.93. The minimum absolute atomic E-state index is 0.166. The monoisotopic (exact) mass is 324 g/mol. The quantitative estimate of drug-likeness (QED) is 0.474. The zero-order chi connectivity index (χ0) is 16.3. The van der Waals surface area contributed by atoms with Crippen molar-refractivity contribution in [2.24, 2.45) is 28.8 Å². The molecule has 2 amide bonds. The fourth-order valence-electron chi connectivity index (χ4n) is 4.29. The van der Waals surface area contributed by atoms with E-state index in [-0.39, 0.29) is 42.3 Å². The molecule has 1 saturated carbocycles. The third-order valence-electron chi connectivity index (χ3n) is 5.45. The molecule has 5 aliphatic rings. The van der Waals surface area contributed by atoms with Gasteiger partial charge in [-0.1, -0.05) is 12.2 Å². The number of imide groups is 1. The Balaban J connectivity index is 1.42. The van der Waals surface area contributed by atoms with E-state index in [1.54, 1.807) is 12.1 Å². The van der Waals surface area contributed by atoms with Crippen molar-refractivity contribution in [2.45, 2.75) is 12.8 Å². The highest BCUT2D eigenvalue weighted by atomic mass is 16.7. The maximum Gasteiger partial charge on any atom is 0.254 e. The highest BCUT2D eigenvalue weighted by Gasteiger charge is 2.56. The fraction of sp³-hybridized carbons (Fsp3) is 0.389. The minimum atomic E-state index is -0.227. The smallest absolute Gasteiger partial charge is 0.254 e. The number of benzene rings is 1. The number of amides is 2. The van der Waals surface area contributed by atoms with E-state index in [9.17, 15) is 9.59 Å². The van der Waals surface area contributed by atoms with Gasteiger partial charge in [0.05, 0.1) is 18.1 Å². The van der Waals surface area contributed by atoms with Crippen molar-refractivity contribution in [1.29, 1.82) is 0 Å². The number of rotatable bonds is 2. The van der Waals surface area contributed by atoms with Gasteiger partial charge in [0.15, 0.2) is 11.5 Å².